The van der Waals surface area contributed by atoms with E-state index in [0.29, 0.717) is 0 Å². The lowest BCUT2D eigenvalue weighted by Gasteiger charge is -2.25. The molecule has 2 heteroatoms. The van der Waals surface area contributed by atoms with Crippen LogP contribution in [0.2, 0.25) is 0 Å². The van der Waals surface area contributed by atoms with Crippen LogP contribution in [0.15, 0.2) is 84.9 Å². The Morgan fingerprint density at radius 3 is 1.37 bits per heavy atom. The number of hydrogen-bond acceptors (Lipinski definition) is 0. The molecule has 4 aromatic rings. The highest BCUT2D eigenvalue weighted by Gasteiger charge is 2.19. The summed E-state index contributed by atoms with van der Waals surface area (Å²) in [6.45, 7) is 4.75. The van der Waals surface area contributed by atoms with Gasteiger partial charge in [-0.15, -0.1) is 0 Å². The molecule has 0 aliphatic rings. The summed E-state index contributed by atoms with van der Waals surface area (Å²) in [5.74, 6) is 1.33. The lowest BCUT2D eigenvalue weighted by molar-refractivity contribution is 1.48. The van der Waals surface area contributed by atoms with Gasteiger partial charge < -0.3 is 0 Å². The van der Waals surface area contributed by atoms with Gasteiger partial charge >= 0.3 is 0 Å². The molecule has 27 heavy (non-hydrogen) atoms. The minimum atomic E-state index is -0.149. The molecule has 4 rings (SSSR count). The van der Waals surface area contributed by atoms with Crippen LogP contribution < -0.4 is 10.6 Å². The van der Waals surface area contributed by atoms with E-state index in [2.05, 4.69) is 98.8 Å². The molecule has 0 aliphatic carbocycles. The van der Waals surface area contributed by atoms with Crippen molar-refractivity contribution in [1.29, 1.82) is 0 Å². The summed E-state index contributed by atoms with van der Waals surface area (Å²) in [6.07, 6.45) is 2.51. The van der Waals surface area contributed by atoms with E-state index < -0.39 is 0 Å². The summed E-state index contributed by atoms with van der Waals surface area (Å²) in [6, 6.07) is 31.5. The second kappa shape index (κ2) is 8.52. The van der Waals surface area contributed by atoms with Crippen LogP contribution in [0, 0.1) is 0 Å². The van der Waals surface area contributed by atoms with Gasteiger partial charge in [0.2, 0.25) is 0 Å². The Balaban J connectivity index is 1.73. The van der Waals surface area contributed by atoms with Gasteiger partial charge in [0.05, 0.1) is 0 Å². The van der Waals surface area contributed by atoms with Crippen LogP contribution in [0.25, 0.3) is 21.5 Å². The normalized spacial score (nSPS) is 13.7. The average Bonchev–Trinajstić information content (AvgIpc) is 2.74. The molecule has 136 valence electrons. The number of benzene rings is 4. The number of fused-ring (bicyclic) bond motifs is 2. The molecule has 0 bridgehead atoms. The fourth-order valence-electron chi connectivity index (χ4n) is 3.87. The highest BCUT2D eigenvalue weighted by Crippen LogP contribution is 2.51. The van der Waals surface area contributed by atoms with Crippen molar-refractivity contribution < 1.29 is 0 Å². The van der Waals surface area contributed by atoms with Crippen molar-refractivity contribution in [2.45, 2.75) is 13.8 Å². The second-order valence-corrected chi connectivity index (χ2v) is 12.4. The molecule has 4 aromatic carbocycles. The summed E-state index contributed by atoms with van der Waals surface area (Å²) >= 11 is 0. The maximum atomic E-state index is 2.38. The van der Waals surface area contributed by atoms with Gasteiger partial charge in [0.1, 0.15) is 0 Å². The molecule has 0 heterocycles. The third kappa shape index (κ3) is 3.80. The van der Waals surface area contributed by atoms with Crippen molar-refractivity contribution >= 4 is 48.0 Å². The van der Waals surface area contributed by atoms with Crippen LogP contribution >= 0.6 is 15.8 Å². The summed E-state index contributed by atoms with van der Waals surface area (Å²) in [5, 5.41) is 8.84. The van der Waals surface area contributed by atoms with Crippen LogP contribution in [0.3, 0.4) is 0 Å². The van der Waals surface area contributed by atoms with Crippen molar-refractivity contribution in [1.82, 2.24) is 0 Å². The summed E-state index contributed by atoms with van der Waals surface area (Å²) in [5.41, 5.74) is 0. The van der Waals surface area contributed by atoms with Gasteiger partial charge in [-0.05, 0) is 50.4 Å². The van der Waals surface area contributed by atoms with Gasteiger partial charge in [0.25, 0.3) is 0 Å². The molecule has 2 unspecified atom stereocenters. The van der Waals surface area contributed by atoms with Gasteiger partial charge in [-0.1, -0.05) is 115 Å². The van der Waals surface area contributed by atoms with Crippen LogP contribution in [0.4, 0.5) is 0 Å². The largest absolute Gasteiger partial charge is 0.0702 e. The van der Waals surface area contributed by atoms with Crippen molar-refractivity contribution in [2.75, 3.05) is 18.2 Å². The number of rotatable bonds is 6. The predicted octanol–water partition coefficient (Wildman–Crippen LogP) is 6.90. The molecule has 0 aromatic heterocycles. The Morgan fingerprint density at radius 1 is 0.519 bits per heavy atom. The first kappa shape index (κ1) is 18.6. The van der Waals surface area contributed by atoms with Gasteiger partial charge in [-0.2, -0.15) is 0 Å². The Hall–Kier alpha value is -1.74. The minimum Gasteiger partial charge on any atom is -0.0702 e. The van der Waals surface area contributed by atoms with E-state index in [1.165, 1.54) is 39.8 Å². The molecule has 0 saturated heterocycles. The lowest BCUT2D eigenvalue weighted by Crippen LogP contribution is -2.11. The van der Waals surface area contributed by atoms with Crippen molar-refractivity contribution in [3.63, 3.8) is 0 Å². The van der Waals surface area contributed by atoms with Gasteiger partial charge in [0, 0.05) is 0 Å². The van der Waals surface area contributed by atoms with Gasteiger partial charge in [0.15, 0.2) is 0 Å². The standard InChI is InChI=1S/C25H26P2/c1-3-26(24-17-9-13-20-11-5-7-15-22(20)24)19-27(4-2)25-18-10-14-21-12-6-8-16-23(21)25/h5-18H,3-4,19H2,1-2H3. The fourth-order valence-corrected chi connectivity index (χ4v) is 10.7. The third-order valence-corrected chi connectivity index (χ3v) is 11.7. The molecule has 0 amide bonds. The Bertz CT molecular complexity index is 958. The van der Waals surface area contributed by atoms with E-state index in [9.17, 15) is 0 Å². The highest BCUT2D eigenvalue weighted by atomic mass is 31.2. The first-order valence-electron chi connectivity index (χ1n) is 9.77. The van der Waals surface area contributed by atoms with Crippen LogP contribution in [-0.4, -0.2) is 18.2 Å². The average molecular weight is 388 g/mol. The van der Waals surface area contributed by atoms with E-state index in [-0.39, 0.29) is 15.8 Å². The maximum absolute atomic E-state index is 2.38. The van der Waals surface area contributed by atoms with E-state index >= 15 is 0 Å². The Morgan fingerprint density at radius 2 is 0.926 bits per heavy atom. The number of hydrogen-bond donors (Lipinski definition) is 0. The lowest BCUT2D eigenvalue weighted by atomic mass is 10.1. The predicted molar refractivity (Wildman–Crippen MR) is 127 cm³/mol. The first-order chi connectivity index (χ1) is 13.3. The fraction of sp³-hybridized carbons (Fsp3) is 0.200. The van der Waals surface area contributed by atoms with E-state index in [1.807, 2.05) is 0 Å². The molecule has 0 aliphatic heterocycles. The Kier molecular flexibility index (Phi) is 5.87. The summed E-state index contributed by atoms with van der Waals surface area (Å²) in [7, 11) is -0.297. The molecule has 0 spiro atoms. The summed E-state index contributed by atoms with van der Waals surface area (Å²) in [4.78, 5) is 0. The second-order valence-electron chi connectivity index (χ2n) is 6.85. The first-order valence-corrected chi connectivity index (χ1v) is 13.2. The monoisotopic (exact) mass is 388 g/mol. The molecule has 0 saturated carbocycles. The molecule has 0 fully saturated rings. The smallest absolute Gasteiger partial charge is 0.00396 e. The van der Waals surface area contributed by atoms with Gasteiger partial charge in [-0.25, -0.2) is 0 Å². The van der Waals surface area contributed by atoms with Crippen molar-refractivity contribution in [3.8, 4) is 0 Å². The topological polar surface area (TPSA) is 0 Å². The van der Waals surface area contributed by atoms with E-state index in [4.69, 9.17) is 0 Å². The quantitative estimate of drug-likeness (QED) is 0.315. The third-order valence-electron chi connectivity index (χ3n) is 5.32. The molecule has 0 N–H and O–H groups in total. The van der Waals surface area contributed by atoms with Crippen LogP contribution in [0.5, 0.6) is 0 Å². The van der Waals surface area contributed by atoms with E-state index in [0.717, 1.165) is 0 Å². The highest BCUT2D eigenvalue weighted by molar-refractivity contribution is 7.82. The zero-order chi connectivity index (χ0) is 18.6. The van der Waals surface area contributed by atoms with Crippen molar-refractivity contribution in [3.05, 3.63) is 84.9 Å². The zero-order valence-corrected chi connectivity index (χ0v) is 17.9. The SMILES string of the molecule is CCP(CP(CC)c1cccc2ccccc12)c1cccc2ccccc12. The molecule has 0 radical (unpaired) electrons. The van der Waals surface area contributed by atoms with Crippen LogP contribution in [-0.2, 0) is 0 Å². The van der Waals surface area contributed by atoms with Crippen LogP contribution in [0.1, 0.15) is 13.8 Å². The van der Waals surface area contributed by atoms with E-state index in [1.54, 1.807) is 10.6 Å². The molecular weight excluding hydrogens is 362 g/mol. The maximum Gasteiger partial charge on any atom is -0.00396 e. The molecular formula is C25H26P2. The summed E-state index contributed by atoms with van der Waals surface area (Å²) < 4.78 is 0. The molecule has 2 atom stereocenters. The van der Waals surface area contributed by atoms with Crippen molar-refractivity contribution in [2.24, 2.45) is 0 Å². The minimum absolute atomic E-state index is 0.149. The van der Waals surface area contributed by atoms with Gasteiger partial charge in [-0.3, -0.25) is 0 Å². The zero-order valence-electron chi connectivity index (χ0n) is 16.1. The Labute approximate surface area is 165 Å². The molecule has 0 nitrogen and oxygen atoms in total.